The highest BCUT2D eigenvalue weighted by molar-refractivity contribution is 8.31. The molecule has 0 saturated carbocycles. The number of nitrogens with one attached hydrogen (secondary N) is 1. The van der Waals surface area contributed by atoms with Gasteiger partial charge in [-0.25, -0.2) is 14.0 Å². The lowest BCUT2D eigenvalue weighted by Gasteiger charge is -2.33. The number of allylic oxidation sites excluding steroid dienone is 7. The van der Waals surface area contributed by atoms with Crippen LogP contribution in [0.2, 0.25) is 0 Å². The lowest BCUT2D eigenvalue weighted by Crippen LogP contribution is -2.18. The molecule has 2 N–H and O–H groups in total. The molecule has 46 heavy (non-hydrogen) atoms. The summed E-state index contributed by atoms with van der Waals surface area (Å²) in [6.07, 6.45) is 13.4. The van der Waals surface area contributed by atoms with Crippen molar-refractivity contribution in [3.63, 3.8) is 0 Å². The topological polar surface area (TPSA) is 80.7 Å². The Morgan fingerprint density at radius 3 is 2.43 bits per heavy atom. The van der Waals surface area contributed by atoms with Crippen LogP contribution in [0.5, 0.6) is 0 Å². The van der Waals surface area contributed by atoms with Gasteiger partial charge >= 0.3 is 12.3 Å². The summed E-state index contributed by atoms with van der Waals surface area (Å²) in [6.45, 7) is 18.4. The fraction of sp³-hybridized carbons (Fsp3) is 0.471. The molecule has 2 unspecified atom stereocenters. The normalized spacial score (nSPS) is 19.3. The molecule has 0 fully saturated rings. The van der Waals surface area contributed by atoms with E-state index in [4.69, 9.17) is 4.74 Å². The molecule has 1 aliphatic rings. The van der Waals surface area contributed by atoms with Crippen molar-refractivity contribution >= 4 is 45.1 Å². The van der Waals surface area contributed by atoms with Gasteiger partial charge in [0.1, 0.15) is 10.8 Å². The number of hydrogen-bond acceptors (Lipinski definition) is 7. The number of carboxylic acids is 1. The summed E-state index contributed by atoms with van der Waals surface area (Å²) in [7, 11) is -2.36. The number of alkyl halides is 3. The predicted molar refractivity (Wildman–Crippen MR) is 194 cm³/mol. The summed E-state index contributed by atoms with van der Waals surface area (Å²) in [5.41, 5.74) is 2.08. The first-order valence-corrected chi connectivity index (χ1v) is 19.2. The van der Waals surface area contributed by atoms with Gasteiger partial charge < -0.3 is 9.84 Å². The highest BCUT2D eigenvalue weighted by atomic mass is 32.3. The molecule has 1 aliphatic heterocycles. The highest BCUT2D eigenvalue weighted by Crippen LogP contribution is 2.54. The summed E-state index contributed by atoms with van der Waals surface area (Å²) in [4.78, 5) is 17.0. The molecule has 0 amide bonds. The van der Waals surface area contributed by atoms with E-state index in [0.717, 1.165) is 39.8 Å². The zero-order chi connectivity index (χ0) is 35.2. The van der Waals surface area contributed by atoms with E-state index in [0.29, 0.717) is 31.4 Å². The van der Waals surface area contributed by atoms with Gasteiger partial charge in [-0.05, 0) is 74.4 Å². The van der Waals surface area contributed by atoms with E-state index in [-0.39, 0.29) is 11.8 Å². The third-order valence-corrected chi connectivity index (χ3v) is 9.98. The van der Waals surface area contributed by atoms with Gasteiger partial charge in [0, 0.05) is 39.6 Å². The fourth-order valence-corrected chi connectivity index (χ4v) is 7.00. The summed E-state index contributed by atoms with van der Waals surface area (Å²) in [6, 6.07) is 0.0383. The van der Waals surface area contributed by atoms with Crippen LogP contribution in [-0.4, -0.2) is 47.1 Å². The lowest BCUT2D eigenvalue weighted by atomic mass is 10.1. The smallest absolute Gasteiger partial charge is 0.494 e. The Kier molecular flexibility index (Phi) is 22.5. The van der Waals surface area contributed by atoms with Gasteiger partial charge in [0.15, 0.2) is 0 Å². The minimum absolute atomic E-state index is 0.0383. The van der Waals surface area contributed by atoms with Crippen molar-refractivity contribution in [1.82, 2.24) is 9.71 Å². The molecule has 1 aromatic heterocycles. The van der Waals surface area contributed by atoms with E-state index in [9.17, 15) is 23.1 Å². The number of carbonyl (C=O) groups is 1. The Hall–Kier alpha value is -2.51. The molecule has 6 nitrogen and oxygen atoms in total. The summed E-state index contributed by atoms with van der Waals surface area (Å²) in [5.74, 6) is 0.0775. The number of hydrogen-bond donors (Lipinski definition) is 2. The van der Waals surface area contributed by atoms with Crippen LogP contribution in [0.4, 0.5) is 13.2 Å². The van der Waals surface area contributed by atoms with E-state index in [1.165, 1.54) is 34.9 Å². The van der Waals surface area contributed by atoms with Crippen LogP contribution in [0, 0.1) is 0 Å². The highest BCUT2D eigenvalue weighted by Gasteiger charge is 2.37. The standard InChI is InChI=1S/C30H41F3N2O4S3.C2H6.C2H4/c1-6-9-26(13-11-22(4)35-41-27(10-7-2)14-12-23(8-3)29(36)37)38-18-15-25-21-40-28(34-25)24-16-19-42(5,20-17-24)39-30(31,32)33;2*1-2/h9-13,16-17,19,21-22,35H,6-8,14-15,18,20H2,1-5H3,(H,36,37);1-2H3;1-2H2/b13-11-,23-12+,26-9+,27-10+;;. The number of halogens is 3. The molecule has 260 valence electrons. The van der Waals surface area contributed by atoms with E-state index in [2.05, 4.69) is 40.0 Å². The van der Waals surface area contributed by atoms with Crippen LogP contribution < -0.4 is 4.72 Å². The maximum absolute atomic E-state index is 12.7. The van der Waals surface area contributed by atoms with E-state index < -0.39 is 22.6 Å². The van der Waals surface area contributed by atoms with Crippen molar-refractivity contribution in [3.05, 3.63) is 93.4 Å². The van der Waals surface area contributed by atoms with Crippen molar-refractivity contribution in [2.75, 3.05) is 18.6 Å². The maximum atomic E-state index is 12.7. The minimum Gasteiger partial charge on any atom is -0.494 e. The first-order chi connectivity index (χ1) is 21.9. The van der Waals surface area contributed by atoms with E-state index in [1.807, 2.05) is 58.2 Å². The molecule has 0 aliphatic carbocycles. The number of nitrogens with zero attached hydrogens (tertiary/aromatic N) is 1. The van der Waals surface area contributed by atoms with Crippen molar-refractivity contribution in [3.8, 4) is 0 Å². The van der Waals surface area contributed by atoms with Crippen LogP contribution in [0.1, 0.15) is 77.9 Å². The molecule has 12 heteroatoms. The van der Waals surface area contributed by atoms with Crippen molar-refractivity contribution < 1.29 is 32.0 Å². The Morgan fingerprint density at radius 1 is 1.22 bits per heavy atom. The molecule has 0 spiro atoms. The van der Waals surface area contributed by atoms with Gasteiger partial charge in [-0.2, -0.15) is 0 Å². The Labute approximate surface area is 284 Å². The molecular weight excluding hydrogens is 654 g/mol. The number of ether oxygens (including phenoxy) is 1. The number of aliphatic carboxylic acids is 1. The van der Waals surface area contributed by atoms with E-state index >= 15 is 0 Å². The molecule has 0 bridgehead atoms. The Morgan fingerprint density at radius 2 is 1.89 bits per heavy atom. The molecular formula is C34H51F3N2O4S3. The van der Waals surface area contributed by atoms with Gasteiger partial charge in [-0.15, -0.1) is 48.0 Å². The van der Waals surface area contributed by atoms with Crippen LogP contribution in [-0.2, 0) is 20.1 Å². The zero-order valence-electron chi connectivity index (χ0n) is 28.1. The SMILES string of the molecule is C=C.CC.CC/C=C(\C=C/C(C)NS/C(=C/CC)C/C=C(\CC)C(=O)O)OCCc1csc(C2=CCS(C)(OC(F)(F)F)C=C2)n1. The Bertz CT molecular complexity index is 1240. The summed E-state index contributed by atoms with van der Waals surface area (Å²) in [5, 5.41) is 13.5. The van der Waals surface area contributed by atoms with Crippen LogP contribution >= 0.6 is 33.6 Å². The van der Waals surface area contributed by atoms with Crippen molar-refractivity contribution in [1.29, 1.82) is 0 Å². The largest absolute Gasteiger partial charge is 0.532 e. The molecule has 2 heterocycles. The second-order valence-corrected chi connectivity index (χ2v) is 14.3. The molecule has 0 saturated heterocycles. The maximum Gasteiger partial charge on any atom is 0.532 e. The first-order valence-electron chi connectivity index (χ1n) is 15.3. The third-order valence-electron chi connectivity index (χ3n) is 5.85. The lowest BCUT2D eigenvalue weighted by molar-refractivity contribution is -0.269. The second-order valence-electron chi connectivity index (χ2n) is 9.53. The molecule has 2 rings (SSSR count). The van der Waals surface area contributed by atoms with Gasteiger partial charge in [0.05, 0.1) is 12.3 Å². The van der Waals surface area contributed by atoms with Gasteiger partial charge in [-0.1, -0.05) is 58.9 Å². The minimum atomic E-state index is -4.65. The number of rotatable bonds is 17. The fourth-order valence-electron chi connectivity index (χ4n) is 3.68. The van der Waals surface area contributed by atoms with Crippen molar-refractivity contribution in [2.45, 2.75) is 86.1 Å². The predicted octanol–water partition coefficient (Wildman–Crippen LogP) is 10.9. The number of aromatic nitrogens is 1. The summed E-state index contributed by atoms with van der Waals surface area (Å²) >= 11 is 2.96. The van der Waals surface area contributed by atoms with Crippen LogP contribution in [0.25, 0.3) is 5.57 Å². The molecule has 0 aromatic carbocycles. The average Bonchev–Trinajstić information content (AvgIpc) is 3.48. The number of thiazole rings is 1. The quantitative estimate of drug-likeness (QED) is 0.0549. The van der Waals surface area contributed by atoms with Crippen molar-refractivity contribution in [2.24, 2.45) is 0 Å². The molecule has 1 aromatic rings. The molecule has 0 radical (unpaired) electrons. The Balaban J connectivity index is 0.00000486. The zero-order valence-corrected chi connectivity index (χ0v) is 30.6. The monoisotopic (exact) mass is 704 g/mol. The van der Waals surface area contributed by atoms with Gasteiger partial charge in [0.2, 0.25) is 0 Å². The van der Waals surface area contributed by atoms with Gasteiger partial charge in [-0.3, -0.25) is 4.72 Å². The first kappa shape index (κ1) is 43.5. The summed E-state index contributed by atoms with van der Waals surface area (Å²) < 4.78 is 51.8. The average molecular weight is 705 g/mol. The van der Waals surface area contributed by atoms with Gasteiger partial charge in [0.25, 0.3) is 0 Å². The molecule has 2 atom stereocenters. The van der Waals surface area contributed by atoms with E-state index in [1.54, 1.807) is 18.2 Å². The van der Waals surface area contributed by atoms with Crippen LogP contribution in [0.3, 0.4) is 0 Å². The third kappa shape index (κ3) is 18.0. The van der Waals surface area contributed by atoms with Crippen LogP contribution in [0.15, 0.2) is 82.7 Å². The second kappa shape index (κ2) is 23.8. The number of carboxylic acid groups (broad SMARTS) is 1.